The fourth-order valence-electron chi connectivity index (χ4n) is 2.12. The Hall–Kier alpha value is -1.60. The lowest BCUT2D eigenvalue weighted by molar-refractivity contribution is 0.158. The van der Waals surface area contributed by atoms with Crippen LogP contribution in [-0.4, -0.2) is 57.0 Å². The molecule has 0 spiro atoms. The minimum atomic E-state index is -3.47. The molecule has 0 aliphatic carbocycles. The molecule has 0 unspecified atom stereocenters. The predicted molar refractivity (Wildman–Crippen MR) is 78.5 cm³/mol. The van der Waals surface area contributed by atoms with Gasteiger partial charge in [0.25, 0.3) is 0 Å². The van der Waals surface area contributed by atoms with Crippen molar-refractivity contribution < 1.29 is 17.9 Å². The van der Waals surface area contributed by atoms with E-state index >= 15 is 0 Å². The summed E-state index contributed by atoms with van der Waals surface area (Å²) in [6.45, 7) is 3.77. The van der Waals surface area contributed by atoms with Gasteiger partial charge in [-0.15, -0.1) is 0 Å². The van der Waals surface area contributed by atoms with Crippen LogP contribution in [0.25, 0.3) is 0 Å². The average molecular weight is 312 g/mol. The van der Waals surface area contributed by atoms with Gasteiger partial charge in [-0.1, -0.05) is 17.7 Å². The normalized spacial score (nSPS) is 15.6. The number of hydrogen-bond donors (Lipinski definition) is 0. The molecule has 1 fully saturated rings. The summed E-state index contributed by atoms with van der Waals surface area (Å²) in [5, 5.41) is 0. The van der Waals surface area contributed by atoms with Crippen LogP contribution in [-0.2, 0) is 14.8 Å². The molecule has 0 aromatic heterocycles. The van der Waals surface area contributed by atoms with Gasteiger partial charge in [-0.2, -0.15) is 0 Å². The van der Waals surface area contributed by atoms with Crippen molar-refractivity contribution in [2.45, 2.75) is 18.2 Å². The van der Waals surface area contributed by atoms with Crippen LogP contribution in [0.2, 0.25) is 0 Å². The van der Waals surface area contributed by atoms with Crippen LogP contribution < -0.4 is 0 Å². The molecule has 7 heteroatoms. The SMILES string of the molecule is Cc1ccc(S(=O)(=O)N(C)CCCN2CCOC2=O)cc1. The minimum absolute atomic E-state index is 0.288. The molecule has 2 rings (SSSR count). The number of amides is 1. The van der Waals surface area contributed by atoms with Crippen LogP contribution in [0.3, 0.4) is 0 Å². The van der Waals surface area contributed by atoms with Crippen LogP contribution in [0.4, 0.5) is 4.79 Å². The summed E-state index contributed by atoms with van der Waals surface area (Å²) in [6, 6.07) is 6.78. The summed E-state index contributed by atoms with van der Waals surface area (Å²) in [5.74, 6) is 0. The Balaban J connectivity index is 1.91. The van der Waals surface area contributed by atoms with Crippen molar-refractivity contribution in [1.82, 2.24) is 9.21 Å². The van der Waals surface area contributed by atoms with Gasteiger partial charge in [-0.3, -0.25) is 0 Å². The van der Waals surface area contributed by atoms with Gasteiger partial charge in [0.1, 0.15) is 6.61 Å². The number of hydrogen-bond acceptors (Lipinski definition) is 4. The van der Waals surface area contributed by atoms with Gasteiger partial charge in [-0.25, -0.2) is 17.5 Å². The van der Waals surface area contributed by atoms with Gasteiger partial charge in [-0.05, 0) is 25.5 Å². The Bertz CT molecular complexity index is 598. The molecule has 1 aliphatic heterocycles. The van der Waals surface area contributed by atoms with Gasteiger partial charge in [0.15, 0.2) is 0 Å². The molecule has 0 N–H and O–H groups in total. The lowest BCUT2D eigenvalue weighted by atomic mass is 10.2. The van der Waals surface area contributed by atoms with Gasteiger partial charge in [0, 0.05) is 20.1 Å². The molecule has 1 aromatic carbocycles. The second-order valence-corrected chi connectivity index (χ2v) is 7.14. The lowest BCUT2D eigenvalue weighted by Crippen LogP contribution is -2.32. The molecule has 21 heavy (non-hydrogen) atoms. The second kappa shape index (κ2) is 6.44. The Kier molecular flexibility index (Phi) is 4.84. The van der Waals surface area contributed by atoms with E-state index in [-0.39, 0.29) is 11.0 Å². The summed E-state index contributed by atoms with van der Waals surface area (Å²) >= 11 is 0. The van der Waals surface area contributed by atoms with Crippen LogP contribution in [0.5, 0.6) is 0 Å². The zero-order valence-corrected chi connectivity index (χ0v) is 13.1. The van der Waals surface area contributed by atoms with E-state index in [1.165, 1.54) is 4.31 Å². The Morgan fingerprint density at radius 2 is 1.95 bits per heavy atom. The van der Waals surface area contributed by atoms with E-state index in [0.717, 1.165) is 5.56 Å². The second-order valence-electron chi connectivity index (χ2n) is 5.09. The van der Waals surface area contributed by atoms with E-state index in [1.807, 2.05) is 6.92 Å². The highest BCUT2D eigenvalue weighted by Crippen LogP contribution is 2.15. The third-order valence-corrected chi connectivity index (χ3v) is 5.35. The number of cyclic esters (lactones) is 1. The molecule has 116 valence electrons. The molecule has 0 radical (unpaired) electrons. The maximum atomic E-state index is 12.4. The van der Waals surface area contributed by atoms with Gasteiger partial charge >= 0.3 is 6.09 Å². The number of rotatable bonds is 6. The number of nitrogens with zero attached hydrogens (tertiary/aromatic N) is 2. The van der Waals surface area contributed by atoms with E-state index in [2.05, 4.69) is 0 Å². The topological polar surface area (TPSA) is 66.9 Å². The lowest BCUT2D eigenvalue weighted by Gasteiger charge is -2.19. The zero-order valence-electron chi connectivity index (χ0n) is 12.3. The maximum absolute atomic E-state index is 12.4. The van der Waals surface area contributed by atoms with Crippen molar-refractivity contribution in [1.29, 1.82) is 0 Å². The number of ether oxygens (including phenoxy) is 1. The van der Waals surface area contributed by atoms with Crippen molar-refractivity contribution >= 4 is 16.1 Å². The van der Waals surface area contributed by atoms with Crippen molar-refractivity contribution in [3.05, 3.63) is 29.8 Å². The maximum Gasteiger partial charge on any atom is 0.409 e. The Morgan fingerprint density at radius 1 is 1.29 bits per heavy atom. The number of aryl methyl sites for hydroxylation is 1. The molecule has 1 amide bonds. The third-order valence-electron chi connectivity index (χ3n) is 3.48. The molecular weight excluding hydrogens is 292 g/mol. The average Bonchev–Trinajstić information content (AvgIpc) is 2.85. The highest BCUT2D eigenvalue weighted by atomic mass is 32.2. The number of carbonyl (C=O) groups excluding carboxylic acids is 1. The standard InChI is InChI=1S/C14H20N2O4S/c1-12-4-6-13(7-5-12)21(18,19)15(2)8-3-9-16-10-11-20-14(16)17/h4-7H,3,8-11H2,1-2H3. The van der Waals surface area contributed by atoms with Gasteiger partial charge in [0.05, 0.1) is 11.4 Å². The summed E-state index contributed by atoms with van der Waals surface area (Å²) in [5.41, 5.74) is 1.02. The largest absolute Gasteiger partial charge is 0.448 e. The summed E-state index contributed by atoms with van der Waals surface area (Å²) < 4.78 is 30.9. The van der Waals surface area contributed by atoms with Crippen LogP contribution in [0.1, 0.15) is 12.0 Å². The van der Waals surface area contributed by atoms with Crippen LogP contribution in [0.15, 0.2) is 29.2 Å². The van der Waals surface area contributed by atoms with Gasteiger partial charge < -0.3 is 9.64 Å². The van der Waals surface area contributed by atoms with E-state index in [1.54, 1.807) is 36.2 Å². The third kappa shape index (κ3) is 3.74. The number of carbonyl (C=O) groups is 1. The molecule has 0 atom stereocenters. The number of benzene rings is 1. The van der Waals surface area contributed by atoms with Crippen molar-refractivity contribution in [3.63, 3.8) is 0 Å². The molecule has 1 heterocycles. The molecule has 0 bridgehead atoms. The highest BCUT2D eigenvalue weighted by Gasteiger charge is 2.23. The first-order valence-corrected chi connectivity index (χ1v) is 8.30. The van der Waals surface area contributed by atoms with Crippen LogP contribution in [0, 0.1) is 6.92 Å². The molecule has 1 aromatic rings. The predicted octanol–water partition coefficient (Wildman–Crippen LogP) is 1.46. The first kappa shape index (κ1) is 15.8. The number of sulfonamides is 1. The van der Waals surface area contributed by atoms with Crippen molar-refractivity contribution in [3.8, 4) is 0 Å². The fraction of sp³-hybridized carbons (Fsp3) is 0.500. The highest BCUT2D eigenvalue weighted by molar-refractivity contribution is 7.89. The van der Waals surface area contributed by atoms with E-state index in [0.29, 0.717) is 32.7 Å². The van der Waals surface area contributed by atoms with E-state index < -0.39 is 10.0 Å². The molecular formula is C14H20N2O4S. The van der Waals surface area contributed by atoms with Crippen molar-refractivity contribution in [2.75, 3.05) is 33.3 Å². The molecule has 0 saturated carbocycles. The van der Waals surface area contributed by atoms with Crippen LogP contribution >= 0.6 is 0 Å². The van der Waals surface area contributed by atoms with Crippen molar-refractivity contribution in [2.24, 2.45) is 0 Å². The van der Waals surface area contributed by atoms with Gasteiger partial charge in [0.2, 0.25) is 10.0 Å². The first-order chi connectivity index (χ1) is 9.91. The zero-order chi connectivity index (χ0) is 15.5. The fourth-order valence-corrected chi connectivity index (χ4v) is 3.33. The minimum Gasteiger partial charge on any atom is -0.448 e. The quantitative estimate of drug-likeness (QED) is 0.797. The monoisotopic (exact) mass is 312 g/mol. The molecule has 1 saturated heterocycles. The van der Waals surface area contributed by atoms with E-state index in [4.69, 9.17) is 4.74 Å². The molecule has 1 aliphatic rings. The summed E-state index contributed by atoms with van der Waals surface area (Å²) in [4.78, 5) is 13.1. The van der Waals surface area contributed by atoms with E-state index in [9.17, 15) is 13.2 Å². The smallest absolute Gasteiger partial charge is 0.409 e. The molecule has 6 nitrogen and oxygen atoms in total. The first-order valence-electron chi connectivity index (χ1n) is 6.86. The summed E-state index contributed by atoms with van der Waals surface area (Å²) in [6.07, 6.45) is 0.260. The Morgan fingerprint density at radius 3 is 2.52 bits per heavy atom. The summed E-state index contributed by atoms with van der Waals surface area (Å²) in [7, 11) is -1.91. The Labute approximate surface area is 125 Å².